The fourth-order valence-electron chi connectivity index (χ4n) is 2.41. The molecule has 1 amide bonds. The van der Waals surface area contributed by atoms with E-state index in [0.29, 0.717) is 12.5 Å². The number of carbonyl (C=O) groups excluding carboxylic acids is 1. The van der Waals surface area contributed by atoms with Crippen molar-refractivity contribution in [1.82, 2.24) is 9.80 Å². The molecule has 0 saturated carbocycles. The Hall–Kier alpha value is -0.610. The Morgan fingerprint density at radius 1 is 1.16 bits per heavy atom. The second-order valence-corrected chi connectivity index (χ2v) is 5.32. The molecule has 1 unspecified atom stereocenters. The molecule has 1 aliphatic heterocycles. The van der Waals surface area contributed by atoms with Crippen molar-refractivity contribution in [3.63, 3.8) is 0 Å². The molecular weight excluding hydrogens is 238 g/mol. The third-order valence-corrected chi connectivity index (χ3v) is 3.52. The predicted octanol–water partition coefficient (Wildman–Crippen LogP) is 1.80. The first-order valence-corrected chi connectivity index (χ1v) is 7.79. The number of carbonyl (C=O) groups is 1. The summed E-state index contributed by atoms with van der Waals surface area (Å²) >= 11 is 0. The number of rotatable bonds is 5. The van der Waals surface area contributed by atoms with Gasteiger partial charge in [0.25, 0.3) is 0 Å². The predicted molar refractivity (Wildman–Crippen MR) is 82.0 cm³/mol. The topological polar surface area (TPSA) is 49.6 Å². The lowest BCUT2D eigenvalue weighted by molar-refractivity contribution is -0.137. The van der Waals surface area contributed by atoms with Gasteiger partial charge in [0, 0.05) is 32.7 Å². The first-order chi connectivity index (χ1) is 9.08. The van der Waals surface area contributed by atoms with Gasteiger partial charge in [-0.25, -0.2) is 0 Å². The van der Waals surface area contributed by atoms with Crippen LogP contribution in [0.5, 0.6) is 0 Å². The zero-order valence-corrected chi connectivity index (χ0v) is 13.5. The molecular formula is C15H33N3O. The molecule has 0 bridgehead atoms. The van der Waals surface area contributed by atoms with Gasteiger partial charge in [-0.2, -0.15) is 0 Å². The SMILES string of the molecule is CC.CCN1CCN(C(=O)C(CN)CC(C)C)CC1. The van der Waals surface area contributed by atoms with E-state index in [1.807, 2.05) is 18.7 Å². The van der Waals surface area contributed by atoms with Gasteiger partial charge in [-0.3, -0.25) is 4.79 Å². The lowest BCUT2D eigenvalue weighted by Crippen LogP contribution is -2.51. The van der Waals surface area contributed by atoms with Gasteiger partial charge in [-0.15, -0.1) is 0 Å². The van der Waals surface area contributed by atoms with Crippen molar-refractivity contribution >= 4 is 5.91 Å². The van der Waals surface area contributed by atoms with Crippen LogP contribution in [0, 0.1) is 11.8 Å². The Morgan fingerprint density at radius 2 is 1.68 bits per heavy atom. The summed E-state index contributed by atoms with van der Waals surface area (Å²) in [7, 11) is 0. The minimum atomic E-state index is 0.0168. The van der Waals surface area contributed by atoms with Crippen LogP contribution in [0.25, 0.3) is 0 Å². The Morgan fingerprint density at radius 3 is 2.05 bits per heavy atom. The molecule has 0 spiro atoms. The summed E-state index contributed by atoms with van der Waals surface area (Å²) in [6.07, 6.45) is 0.906. The van der Waals surface area contributed by atoms with E-state index < -0.39 is 0 Å². The summed E-state index contributed by atoms with van der Waals surface area (Å²) in [5.41, 5.74) is 5.72. The van der Waals surface area contributed by atoms with Gasteiger partial charge >= 0.3 is 0 Å². The molecule has 0 aliphatic carbocycles. The minimum absolute atomic E-state index is 0.0168. The van der Waals surface area contributed by atoms with Gasteiger partial charge in [0.15, 0.2) is 0 Å². The summed E-state index contributed by atoms with van der Waals surface area (Å²) in [5, 5.41) is 0. The number of piperazine rings is 1. The van der Waals surface area contributed by atoms with Gasteiger partial charge in [0.1, 0.15) is 0 Å². The van der Waals surface area contributed by atoms with Crippen LogP contribution < -0.4 is 5.73 Å². The van der Waals surface area contributed by atoms with Crippen molar-refractivity contribution in [3.8, 4) is 0 Å². The summed E-state index contributed by atoms with van der Waals surface area (Å²) in [5.74, 6) is 0.810. The summed E-state index contributed by atoms with van der Waals surface area (Å²) < 4.78 is 0. The van der Waals surface area contributed by atoms with E-state index in [4.69, 9.17) is 5.73 Å². The van der Waals surface area contributed by atoms with Gasteiger partial charge < -0.3 is 15.5 Å². The molecule has 4 nitrogen and oxygen atoms in total. The average Bonchev–Trinajstić information content (AvgIpc) is 2.46. The molecule has 0 aromatic rings. The lowest BCUT2D eigenvalue weighted by Gasteiger charge is -2.36. The highest BCUT2D eigenvalue weighted by Crippen LogP contribution is 2.15. The molecule has 1 heterocycles. The summed E-state index contributed by atoms with van der Waals surface area (Å²) in [6, 6.07) is 0. The van der Waals surface area contributed by atoms with E-state index >= 15 is 0 Å². The zero-order chi connectivity index (χ0) is 14.8. The van der Waals surface area contributed by atoms with Crippen LogP contribution in [0.1, 0.15) is 41.0 Å². The highest BCUT2D eigenvalue weighted by Gasteiger charge is 2.26. The van der Waals surface area contributed by atoms with Crippen LogP contribution in [-0.2, 0) is 4.79 Å². The molecule has 1 fully saturated rings. The minimum Gasteiger partial charge on any atom is -0.340 e. The second kappa shape index (κ2) is 10.2. The third kappa shape index (κ3) is 6.39. The lowest BCUT2D eigenvalue weighted by atomic mass is 9.95. The number of likely N-dealkylation sites (N-methyl/N-ethyl adjacent to an activating group) is 1. The molecule has 114 valence electrons. The van der Waals surface area contributed by atoms with Crippen LogP contribution in [0.3, 0.4) is 0 Å². The molecule has 1 saturated heterocycles. The van der Waals surface area contributed by atoms with E-state index in [1.54, 1.807) is 0 Å². The summed E-state index contributed by atoms with van der Waals surface area (Å²) in [4.78, 5) is 16.7. The van der Waals surface area contributed by atoms with Crippen molar-refractivity contribution in [3.05, 3.63) is 0 Å². The Kier molecular flexibility index (Phi) is 9.88. The van der Waals surface area contributed by atoms with Crippen LogP contribution in [0.15, 0.2) is 0 Å². The molecule has 0 radical (unpaired) electrons. The Labute approximate surface area is 119 Å². The fraction of sp³-hybridized carbons (Fsp3) is 0.933. The molecule has 1 aliphatic rings. The van der Waals surface area contributed by atoms with Crippen LogP contribution >= 0.6 is 0 Å². The molecule has 1 atom stereocenters. The fourth-order valence-corrected chi connectivity index (χ4v) is 2.41. The van der Waals surface area contributed by atoms with Gasteiger partial charge in [0.2, 0.25) is 5.91 Å². The molecule has 0 aromatic heterocycles. The maximum atomic E-state index is 12.3. The first-order valence-electron chi connectivity index (χ1n) is 7.79. The van der Waals surface area contributed by atoms with Crippen LogP contribution in [-0.4, -0.2) is 55.0 Å². The molecule has 2 N–H and O–H groups in total. The van der Waals surface area contributed by atoms with Crippen LogP contribution in [0.4, 0.5) is 0 Å². The number of amides is 1. The van der Waals surface area contributed by atoms with Crippen molar-refractivity contribution in [1.29, 1.82) is 0 Å². The van der Waals surface area contributed by atoms with Crippen molar-refractivity contribution < 1.29 is 4.79 Å². The van der Waals surface area contributed by atoms with Crippen molar-refractivity contribution in [2.45, 2.75) is 41.0 Å². The maximum Gasteiger partial charge on any atom is 0.227 e. The first kappa shape index (κ1) is 18.4. The second-order valence-electron chi connectivity index (χ2n) is 5.32. The maximum absolute atomic E-state index is 12.3. The van der Waals surface area contributed by atoms with E-state index in [1.165, 1.54) is 0 Å². The van der Waals surface area contributed by atoms with E-state index in [2.05, 4.69) is 25.7 Å². The highest BCUT2D eigenvalue weighted by atomic mass is 16.2. The molecule has 19 heavy (non-hydrogen) atoms. The number of nitrogens with zero attached hydrogens (tertiary/aromatic N) is 2. The number of hydrogen-bond donors (Lipinski definition) is 1. The number of nitrogens with two attached hydrogens (primary N) is 1. The monoisotopic (exact) mass is 271 g/mol. The normalized spacial score (nSPS) is 17.9. The van der Waals surface area contributed by atoms with Gasteiger partial charge in [0.05, 0.1) is 5.92 Å². The average molecular weight is 271 g/mol. The van der Waals surface area contributed by atoms with Crippen molar-refractivity contribution in [2.24, 2.45) is 17.6 Å². The van der Waals surface area contributed by atoms with E-state index in [0.717, 1.165) is 39.1 Å². The molecule has 1 rings (SSSR count). The quantitative estimate of drug-likeness (QED) is 0.829. The Bertz CT molecular complexity index is 236. The largest absolute Gasteiger partial charge is 0.340 e. The molecule has 4 heteroatoms. The highest BCUT2D eigenvalue weighted by molar-refractivity contribution is 5.79. The van der Waals surface area contributed by atoms with E-state index in [-0.39, 0.29) is 11.8 Å². The van der Waals surface area contributed by atoms with Gasteiger partial charge in [-0.05, 0) is 18.9 Å². The number of hydrogen-bond acceptors (Lipinski definition) is 3. The summed E-state index contributed by atoms with van der Waals surface area (Å²) in [6.45, 7) is 15.7. The smallest absolute Gasteiger partial charge is 0.227 e. The van der Waals surface area contributed by atoms with E-state index in [9.17, 15) is 4.79 Å². The van der Waals surface area contributed by atoms with Crippen molar-refractivity contribution in [2.75, 3.05) is 39.3 Å². The standard InChI is InChI=1S/C13H27N3O.C2H6/c1-4-15-5-7-16(8-6-15)13(17)12(10-14)9-11(2)3;1-2/h11-12H,4-10,14H2,1-3H3;1-2H3. The third-order valence-electron chi connectivity index (χ3n) is 3.52. The zero-order valence-electron chi connectivity index (χ0n) is 13.5. The van der Waals surface area contributed by atoms with Crippen LogP contribution in [0.2, 0.25) is 0 Å². The van der Waals surface area contributed by atoms with Gasteiger partial charge in [-0.1, -0.05) is 34.6 Å². The molecule has 0 aromatic carbocycles. The Balaban J connectivity index is 0.00000154.